The Labute approximate surface area is 136 Å². The van der Waals surface area contributed by atoms with Crippen LogP contribution >= 0.6 is 11.6 Å². The number of carbonyl (C=O) groups excluding carboxylic acids is 1. The molecule has 1 fully saturated rings. The fourth-order valence-corrected chi connectivity index (χ4v) is 2.88. The summed E-state index contributed by atoms with van der Waals surface area (Å²) in [6.07, 6.45) is 2.25. The summed E-state index contributed by atoms with van der Waals surface area (Å²) >= 11 is 5.73. The minimum atomic E-state index is -0.448. The van der Waals surface area contributed by atoms with E-state index >= 15 is 0 Å². The molecule has 0 bridgehead atoms. The summed E-state index contributed by atoms with van der Waals surface area (Å²) in [4.78, 5) is 16.1. The normalized spacial score (nSPS) is 16.5. The van der Waals surface area contributed by atoms with Gasteiger partial charge < -0.3 is 15.1 Å². The molecule has 2 amide bonds. The SMILES string of the molecule is CN1CCC(CN(C)C(=O)NCc2ccc(F)c(Cl)c2)CC1. The van der Waals surface area contributed by atoms with E-state index in [2.05, 4.69) is 17.3 Å². The molecule has 122 valence electrons. The molecular weight excluding hydrogens is 305 g/mol. The topological polar surface area (TPSA) is 35.6 Å². The van der Waals surface area contributed by atoms with Gasteiger partial charge in [0.25, 0.3) is 0 Å². The number of benzene rings is 1. The maximum Gasteiger partial charge on any atom is 0.317 e. The molecule has 2 rings (SSSR count). The first kappa shape index (κ1) is 17.0. The number of halogens is 2. The predicted octanol–water partition coefficient (Wildman–Crippen LogP) is 2.96. The van der Waals surface area contributed by atoms with Crippen molar-refractivity contribution in [2.24, 2.45) is 5.92 Å². The van der Waals surface area contributed by atoms with Gasteiger partial charge in [0.1, 0.15) is 5.82 Å². The maximum absolute atomic E-state index is 13.1. The summed E-state index contributed by atoms with van der Waals surface area (Å²) in [6, 6.07) is 4.36. The van der Waals surface area contributed by atoms with E-state index in [1.165, 1.54) is 12.1 Å². The first-order chi connectivity index (χ1) is 10.5. The van der Waals surface area contributed by atoms with Crippen LogP contribution in [0.15, 0.2) is 18.2 Å². The van der Waals surface area contributed by atoms with Crippen molar-refractivity contribution >= 4 is 17.6 Å². The van der Waals surface area contributed by atoms with Gasteiger partial charge in [0, 0.05) is 20.1 Å². The number of carbonyl (C=O) groups is 1. The Bertz CT molecular complexity index is 518. The highest BCUT2D eigenvalue weighted by Gasteiger charge is 2.20. The average Bonchev–Trinajstić information content (AvgIpc) is 2.50. The highest BCUT2D eigenvalue weighted by atomic mass is 35.5. The Morgan fingerprint density at radius 3 is 2.77 bits per heavy atom. The van der Waals surface area contributed by atoms with E-state index in [0.717, 1.165) is 38.0 Å². The lowest BCUT2D eigenvalue weighted by Crippen LogP contribution is -2.42. The fraction of sp³-hybridized carbons (Fsp3) is 0.562. The van der Waals surface area contributed by atoms with E-state index in [0.29, 0.717) is 12.5 Å². The summed E-state index contributed by atoms with van der Waals surface area (Å²) in [7, 11) is 3.94. The smallest absolute Gasteiger partial charge is 0.317 e. The molecule has 22 heavy (non-hydrogen) atoms. The van der Waals surface area contributed by atoms with E-state index in [9.17, 15) is 9.18 Å². The Balaban J connectivity index is 1.77. The molecule has 0 atom stereocenters. The van der Waals surface area contributed by atoms with Crippen LogP contribution in [0.3, 0.4) is 0 Å². The van der Waals surface area contributed by atoms with Crippen molar-refractivity contribution in [3.63, 3.8) is 0 Å². The number of urea groups is 1. The molecule has 1 aromatic rings. The van der Waals surface area contributed by atoms with Crippen LogP contribution in [0.4, 0.5) is 9.18 Å². The first-order valence-electron chi connectivity index (χ1n) is 7.57. The van der Waals surface area contributed by atoms with Gasteiger partial charge in [-0.05, 0) is 56.6 Å². The second-order valence-electron chi connectivity index (χ2n) is 6.03. The summed E-state index contributed by atoms with van der Waals surface area (Å²) in [5.74, 6) is 0.114. The summed E-state index contributed by atoms with van der Waals surface area (Å²) in [5.41, 5.74) is 0.785. The van der Waals surface area contributed by atoms with Gasteiger partial charge in [-0.3, -0.25) is 0 Å². The van der Waals surface area contributed by atoms with Crippen molar-refractivity contribution in [2.45, 2.75) is 19.4 Å². The number of piperidine rings is 1. The van der Waals surface area contributed by atoms with Crippen molar-refractivity contribution in [1.29, 1.82) is 0 Å². The number of rotatable bonds is 4. The van der Waals surface area contributed by atoms with Crippen molar-refractivity contribution in [3.8, 4) is 0 Å². The lowest BCUT2D eigenvalue weighted by molar-refractivity contribution is 0.170. The largest absolute Gasteiger partial charge is 0.334 e. The Morgan fingerprint density at radius 1 is 1.45 bits per heavy atom. The highest BCUT2D eigenvalue weighted by Crippen LogP contribution is 2.17. The first-order valence-corrected chi connectivity index (χ1v) is 7.95. The quantitative estimate of drug-likeness (QED) is 0.923. The molecule has 1 saturated heterocycles. The molecule has 0 unspecified atom stereocenters. The average molecular weight is 328 g/mol. The lowest BCUT2D eigenvalue weighted by Gasteiger charge is -2.31. The third kappa shape index (κ3) is 4.85. The third-order valence-corrected chi connectivity index (χ3v) is 4.43. The van der Waals surface area contributed by atoms with Crippen LogP contribution in [0.2, 0.25) is 5.02 Å². The van der Waals surface area contributed by atoms with E-state index in [1.54, 1.807) is 11.0 Å². The molecule has 1 aliphatic rings. The van der Waals surface area contributed by atoms with Gasteiger partial charge in [0.05, 0.1) is 5.02 Å². The molecule has 4 nitrogen and oxygen atoms in total. The monoisotopic (exact) mass is 327 g/mol. The summed E-state index contributed by atoms with van der Waals surface area (Å²) in [6.45, 7) is 3.29. The van der Waals surface area contributed by atoms with Crippen molar-refractivity contribution in [2.75, 3.05) is 33.7 Å². The molecule has 1 N–H and O–H groups in total. The van der Waals surface area contributed by atoms with Crippen LogP contribution in [-0.2, 0) is 6.54 Å². The lowest BCUT2D eigenvalue weighted by atomic mass is 9.97. The van der Waals surface area contributed by atoms with Crippen LogP contribution in [0, 0.1) is 11.7 Å². The molecule has 0 spiro atoms. The van der Waals surface area contributed by atoms with Gasteiger partial charge in [-0.25, -0.2) is 9.18 Å². The van der Waals surface area contributed by atoms with Gasteiger partial charge in [0.2, 0.25) is 0 Å². The van der Waals surface area contributed by atoms with E-state index in [-0.39, 0.29) is 11.1 Å². The van der Waals surface area contributed by atoms with Crippen LogP contribution < -0.4 is 5.32 Å². The summed E-state index contributed by atoms with van der Waals surface area (Å²) < 4.78 is 13.1. The number of amides is 2. The molecule has 0 radical (unpaired) electrons. The standard InChI is InChI=1S/C16H23ClFN3O/c1-20-7-5-12(6-8-20)11-21(2)16(22)19-10-13-3-4-15(18)14(17)9-13/h3-4,9,12H,5-8,10-11H2,1-2H3,(H,19,22). The van der Waals surface area contributed by atoms with Gasteiger partial charge in [-0.2, -0.15) is 0 Å². The molecule has 0 saturated carbocycles. The molecule has 1 aromatic carbocycles. The van der Waals surface area contributed by atoms with Crippen LogP contribution in [0.1, 0.15) is 18.4 Å². The van der Waals surface area contributed by atoms with Gasteiger partial charge in [-0.1, -0.05) is 17.7 Å². The molecule has 1 heterocycles. The number of nitrogens with zero attached hydrogens (tertiary/aromatic N) is 2. The van der Waals surface area contributed by atoms with Crippen molar-refractivity contribution in [1.82, 2.24) is 15.1 Å². The number of likely N-dealkylation sites (tertiary alicyclic amines) is 1. The highest BCUT2D eigenvalue weighted by molar-refractivity contribution is 6.30. The minimum Gasteiger partial charge on any atom is -0.334 e. The Kier molecular flexibility index (Phi) is 6.03. The van der Waals surface area contributed by atoms with E-state index in [4.69, 9.17) is 11.6 Å². The van der Waals surface area contributed by atoms with Crippen LogP contribution in [0.25, 0.3) is 0 Å². The zero-order chi connectivity index (χ0) is 16.1. The molecular formula is C16H23ClFN3O. The summed E-state index contributed by atoms with van der Waals surface area (Å²) in [5, 5.41) is 2.91. The molecule has 0 aliphatic carbocycles. The Morgan fingerprint density at radius 2 is 2.14 bits per heavy atom. The minimum absolute atomic E-state index is 0.0754. The molecule has 0 aromatic heterocycles. The molecule has 6 heteroatoms. The second-order valence-corrected chi connectivity index (χ2v) is 6.44. The van der Waals surface area contributed by atoms with Gasteiger partial charge in [0.15, 0.2) is 0 Å². The number of hydrogen-bond donors (Lipinski definition) is 1. The van der Waals surface area contributed by atoms with Gasteiger partial charge >= 0.3 is 6.03 Å². The fourth-order valence-electron chi connectivity index (χ4n) is 2.68. The van der Waals surface area contributed by atoms with Crippen molar-refractivity contribution < 1.29 is 9.18 Å². The number of nitrogens with one attached hydrogen (secondary N) is 1. The van der Waals surface area contributed by atoms with Gasteiger partial charge in [-0.15, -0.1) is 0 Å². The third-order valence-electron chi connectivity index (χ3n) is 4.14. The zero-order valence-electron chi connectivity index (χ0n) is 13.1. The maximum atomic E-state index is 13.1. The predicted molar refractivity (Wildman–Crippen MR) is 86.5 cm³/mol. The Hall–Kier alpha value is -1.33. The number of hydrogen-bond acceptors (Lipinski definition) is 2. The van der Waals surface area contributed by atoms with Crippen LogP contribution in [-0.4, -0.2) is 49.6 Å². The zero-order valence-corrected chi connectivity index (χ0v) is 13.9. The van der Waals surface area contributed by atoms with Crippen LogP contribution in [0.5, 0.6) is 0 Å². The molecule has 1 aliphatic heterocycles. The van der Waals surface area contributed by atoms with Crippen molar-refractivity contribution in [3.05, 3.63) is 34.6 Å². The second kappa shape index (κ2) is 7.79. The van der Waals surface area contributed by atoms with E-state index in [1.807, 2.05) is 7.05 Å². The van der Waals surface area contributed by atoms with E-state index < -0.39 is 5.82 Å².